The van der Waals surface area contributed by atoms with Crippen molar-refractivity contribution in [3.63, 3.8) is 0 Å². The molecule has 0 saturated heterocycles. The van der Waals surface area contributed by atoms with Crippen molar-refractivity contribution in [2.24, 2.45) is 51.6 Å². The molecule has 4 aliphatic rings. The molecule has 1 heteroatoms. The Balaban J connectivity index is 0.000000487. The van der Waals surface area contributed by atoms with E-state index in [0.29, 0.717) is 22.3 Å². The summed E-state index contributed by atoms with van der Waals surface area (Å²) in [4.78, 5) is 0. The molecule has 24 heavy (non-hydrogen) atoms. The minimum atomic E-state index is 0.468. The third kappa shape index (κ3) is 2.43. The molecule has 0 amide bonds. The first-order chi connectivity index (χ1) is 11.2. The number of hydrogen-bond donors (Lipinski definition) is 1. The highest BCUT2D eigenvalue weighted by Gasteiger charge is 2.72. The lowest BCUT2D eigenvalue weighted by atomic mass is 9.64. The van der Waals surface area contributed by atoms with Crippen LogP contribution in [0.5, 0.6) is 0 Å². The van der Waals surface area contributed by atoms with Gasteiger partial charge in [-0.15, -0.1) is 0 Å². The lowest BCUT2D eigenvalue weighted by Gasteiger charge is -2.41. The van der Waals surface area contributed by atoms with Crippen LogP contribution >= 0.6 is 0 Å². The third-order valence-electron chi connectivity index (χ3n) is 9.05. The predicted octanol–water partition coefficient (Wildman–Crippen LogP) is 6.51. The van der Waals surface area contributed by atoms with E-state index in [4.69, 9.17) is 5.73 Å². The van der Waals surface area contributed by atoms with Gasteiger partial charge >= 0.3 is 0 Å². The van der Waals surface area contributed by atoms with E-state index in [1.54, 1.807) is 0 Å². The predicted molar refractivity (Wildman–Crippen MR) is 107 cm³/mol. The van der Waals surface area contributed by atoms with E-state index in [9.17, 15) is 0 Å². The van der Waals surface area contributed by atoms with E-state index in [1.165, 1.54) is 32.1 Å². The average molecular weight is 336 g/mol. The Morgan fingerprint density at radius 1 is 0.792 bits per heavy atom. The molecular formula is C23H45N. The molecule has 0 aromatic heterocycles. The van der Waals surface area contributed by atoms with Crippen LogP contribution in [0, 0.1) is 45.8 Å². The SMILES string of the molecule is CC.CC.CC1CCC2C3C(CC12C)C1(C)CC(N)CC1C3(C)C. The summed E-state index contributed by atoms with van der Waals surface area (Å²) in [7, 11) is 0. The molecule has 8 unspecified atom stereocenters. The van der Waals surface area contributed by atoms with E-state index in [0.717, 1.165) is 29.6 Å². The van der Waals surface area contributed by atoms with E-state index in [-0.39, 0.29) is 0 Å². The number of nitrogens with two attached hydrogens (primary N) is 1. The quantitative estimate of drug-likeness (QED) is 0.536. The highest BCUT2D eigenvalue weighted by molar-refractivity contribution is 5.20. The van der Waals surface area contributed by atoms with Crippen LogP contribution in [0.3, 0.4) is 0 Å². The van der Waals surface area contributed by atoms with E-state index in [2.05, 4.69) is 34.6 Å². The van der Waals surface area contributed by atoms with Gasteiger partial charge in [0, 0.05) is 6.04 Å². The van der Waals surface area contributed by atoms with E-state index < -0.39 is 0 Å². The van der Waals surface area contributed by atoms with Crippen LogP contribution in [-0.2, 0) is 0 Å². The minimum absolute atomic E-state index is 0.468. The number of rotatable bonds is 0. The Morgan fingerprint density at radius 2 is 1.38 bits per heavy atom. The zero-order chi connectivity index (χ0) is 18.5. The number of hydrogen-bond acceptors (Lipinski definition) is 1. The van der Waals surface area contributed by atoms with Gasteiger partial charge in [-0.3, -0.25) is 0 Å². The fourth-order valence-corrected chi connectivity index (χ4v) is 8.12. The van der Waals surface area contributed by atoms with Crippen LogP contribution in [0.15, 0.2) is 0 Å². The Labute approximate surface area is 152 Å². The normalized spacial score (nSPS) is 53.2. The lowest BCUT2D eigenvalue weighted by molar-refractivity contribution is 0.0729. The van der Waals surface area contributed by atoms with Gasteiger partial charge in [0.05, 0.1) is 0 Å². The van der Waals surface area contributed by atoms with Crippen LogP contribution in [0.1, 0.15) is 94.4 Å². The maximum atomic E-state index is 6.39. The van der Waals surface area contributed by atoms with Crippen LogP contribution in [-0.4, -0.2) is 6.04 Å². The molecule has 4 saturated carbocycles. The molecule has 142 valence electrons. The summed E-state index contributed by atoms with van der Waals surface area (Å²) >= 11 is 0. The van der Waals surface area contributed by atoms with Crippen molar-refractivity contribution in [3.8, 4) is 0 Å². The molecule has 0 aliphatic heterocycles. The maximum absolute atomic E-state index is 6.39. The van der Waals surface area contributed by atoms with Crippen molar-refractivity contribution in [2.45, 2.75) is 100 Å². The molecule has 1 nitrogen and oxygen atoms in total. The zero-order valence-electron chi connectivity index (χ0n) is 18.1. The van der Waals surface area contributed by atoms with Crippen LogP contribution in [0.2, 0.25) is 0 Å². The van der Waals surface area contributed by atoms with Crippen molar-refractivity contribution in [1.82, 2.24) is 0 Å². The summed E-state index contributed by atoms with van der Waals surface area (Å²) in [5, 5.41) is 0. The van der Waals surface area contributed by atoms with Crippen molar-refractivity contribution in [1.29, 1.82) is 0 Å². The molecule has 4 rings (SSSR count). The van der Waals surface area contributed by atoms with Gasteiger partial charge in [-0.25, -0.2) is 0 Å². The molecule has 0 heterocycles. The molecule has 4 fully saturated rings. The van der Waals surface area contributed by atoms with E-state index in [1.807, 2.05) is 27.7 Å². The average Bonchev–Trinajstić information content (AvgIpc) is 3.17. The lowest BCUT2D eigenvalue weighted by Crippen LogP contribution is -2.35. The molecule has 0 spiro atoms. The van der Waals surface area contributed by atoms with Gasteiger partial charge in [0.2, 0.25) is 0 Å². The van der Waals surface area contributed by atoms with Crippen molar-refractivity contribution < 1.29 is 0 Å². The molecule has 4 aliphatic carbocycles. The Bertz CT molecular complexity index is 441. The van der Waals surface area contributed by atoms with Crippen molar-refractivity contribution in [3.05, 3.63) is 0 Å². The monoisotopic (exact) mass is 335 g/mol. The fraction of sp³-hybridized carbons (Fsp3) is 1.00. The number of fused-ring (bicyclic) bond motifs is 5. The van der Waals surface area contributed by atoms with Crippen LogP contribution in [0.4, 0.5) is 0 Å². The van der Waals surface area contributed by atoms with Gasteiger partial charge < -0.3 is 5.73 Å². The van der Waals surface area contributed by atoms with Gasteiger partial charge in [-0.05, 0) is 77.9 Å². The fourth-order valence-electron chi connectivity index (χ4n) is 8.12. The summed E-state index contributed by atoms with van der Waals surface area (Å²) in [6, 6.07) is 0.468. The summed E-state index contributed by atoms with van der Waals surface area (Å²) in [5.74, 6) is 4.73. The van der Waals surface area contributed by atoms with Crippen molar-refractivity contribution in [2.75, 3.05) is 0 Å². The Morgan fingerprint density at radius 3 is 1.96 bits per heavy atom. The summed E-state index contributed by atoms with van der Waals surface area (Å²) in [6.45, 7) is 20.9. The second kappa shape index (κ2) is 6.60. The van der Waals surface area contributed by atoms with Gasteiger partial charge in [-0.2, -0.15) is 0 Å². The summed E-state index contributed by atoms with van der Waals surface area (Å²) in [6.07, 6.45) is 7.04. The zero-order valence-corrected chi connectivity index (χ0v) is 18.1. The third-order valence-corrected chi connectivity index (χ3v) is 9.05. The maximum Gasteiger partial charge on any atom is 0.00472 e. The van der Waals surface area contributed by atoms with Gasteiger partial charge in [0.1, 0.15) is 0 Å². The second-order valence-corrected chi connectivity index (χ2v) is 10.0. The highest BCUT2D eigenvalue weighted by atomic mass is 14.8. The molecule has 0 aromatic rings. The Hall–Kier alpha value is -0.0400. The second-order valence-electron chi connectivity index (χ2n) is 10.0. The van der Waals surface area contributed by atoms with E-state index >= 15 is 0 Å². The molecule has 0 aromatic carbocycles. The minimum Gasteiger partial charge on any atom is -0.328 e. The molecule has 8 atom stereocenters. The van der Waals surface area contributed by atoms with Crippen LogP contribution in [0.25, 0.3) is 0 Å². The van der Waals surface area contributed by atoms with Crippen LogP contribution < -0.4 is 5.73 Å². The van der Waals surface area contributed by atoms with Gasteiger partial charge in [-0.1, -0.05) is 62.3 Å². The first-order valence-corrected chi connectivity index (χ1v) is 11.0. The van der Waals surface area contributed by atoms with Crippen molar-refractivity contribution >= 4 is 0 Å². The molecule has 0 bridgehead atoms. The topological polar surface area (TPSA) is 26.0 Å². The van der Waals surface area contributed by atoms with Gasteiger partial charge in [0.15, 0.2) is 0 Å². The Kier molecular flexibility index (Phi) is 5.58. The van der Waals surface area contributed by atoms with Gasteiger partial charge in [0.25, 0.3) is 0 Å². The first-order valence-electron chi connectivity index (χ1n) is 11.0. The molecule has 2 N–H and O–H groups in total. The first kappa shape index (κ1) is 20.3. The largest absolute Gasteiger partial charge is 0.328 e. The standard InChI is InChI=1S/C19H33N.2C2H6/c1-11-6-7-13-16-14(10-18(11,13)4)19(5)9-12(20)8-15(19)17(16,2)3;2*1-2/h11-16H,6-10,20H2,1-5H3;2*1-2H3. The smallest absolute Gasteiger partial charge is 0.00472 e. The highest BCUT2D eigenvalue weighted by Crippen LogP contribution is 2.78. The summed E-state index contributed by atoms with van der Waals surface area (Å²) in [5.41, 5.74) is 8.08. The molecular weight excluding hydrogens is 290 g/mol. The molecule has 0 radical (unpaired) electrons. The summed E-state index contributed by atoms with van der Waals surface area (Å²) < 4.78 is 0.